The van der Waals surface area contributed by atoms with E-state index >= 15 is 0 Å². The van der Waals surface area contributed by atoms with Crippen LogP contribution in [0.5, 0.6) is 11.5 Å². The van der Waals surface area contributed by atoms with Gasteiger partial charge in [-0.15, -0.1) is 0 Å². The lowest BCUT2D eigenvalue weighted by Gasteiger charge is -2.14. The van der Waals surface area contributed by atoms with Gasteiger partial charge in [-0.1, -0.05) is 60.7 Å². The van der Waals surface area contributed by atoms with E-state index in [1.807, 2.05) is 36.4 Å². The van der Waals surface area contributed by atoms with Gasteiger partial charge < -0.3 is 4.74 Å². The van der Waals surface area contributed by atoms with E-state index in [0.29, 0.717) is 0 Å². The molecule has 0 aliphatic rings. The first kappa shape index (κ1) is 13.5. The molecule has 3 rings (SSSR count). The van der Waals surface area contributed by atoms with Crippen molar-refractivity contribution in [2.45, 2.75) is 6.92 Å². The molecule has 0 aliphatic carbocycles. The molecule has 0 aromatic heterocycles. The normalized spacial score (nSPS) is 10.3. The molecular formula is C19H17BO. The molecule has 0 radical (unpaired) electrons. The average molecular weight is 272 g/mol. The van der Waals surface area contributed by atoms with E-state index in [4.69, 9.17) is 4.74 Å². The van der Waals surface area contributed by atoms with E-state index in [1.165, 1.54) is 11.1 Å². The standard InChI is InChI=1S/C19H17BO/c1-14-8-2-3-9-15(14)16-10-4-6-12-18(16)21-19-13-7-5-11-17(19)20/h2-13H,20H2,1H3. The van der Waals surface area contributed by atoms with Crippen LogP contribution in [0, 0.1) is 6.92 Å². The average Bonchev–Trinajstić information content (AvgIpc) is 2.51. The molecule has 0 N–H and O–H groups in total. The number of benzene rings is 3. The molecule has 102 valence electrons. The zero-order valence-electron chi connectivity index (χ0n) is 12.3. The first-order valence-electron chi connectivity index (χ1n) is 7.14. The van der Waals surface area contributed by atoms with Crippen LogP contribution in [0.2, 0.25) is 0 Å². The van der Waals surface area contributed by atoms with Gasteiger partial charge in [-0.05, 0) is 35.6 Å². The number of aryl methyl sites for hydroxylation is 1. The predicted octanol–water partition coefficient (Wildman–Crippen LogP) is 3.71. The molecule has 0 spiro atoms. The number of hydrogen-bond acceptors (Lipinski definition) is 1. The van der Waals surface area contributed by atoms with Crippen LogP contribution in [-0.2, 0) is 0 Å². The molecule has 0 fully saturated rings. The van der Waals surface area contributed by atoms with Crippen LogP contribution >= 0.6 is 0 Å². The van der Waals surface area contributed by atoms with Crippen LogP contribution in [0.25, 0.3) is 11.1 Å². The molecule has 3 aromatic rings. The third-order valence-corrected chi connectivity index (χ3v) is 3.64. The van der Waals surface area contributed by atoms with E-state index in [1.54, 1.807) is 0 Å². The third-order valence-electron chi connectivity index (χ3n) is 3.64. The Bertz CT molecular complexity index is 765. The fourth-order valence-electron chi connectivity index (χ4n) is 2.44. The summed E-state index contributed by atoms with van der Waals surface area (Å²) in [5.41, 5.74) is 4.72. The largest absolute Gasteiger partial charge is 0.457 e. The molecule has 21 heavy (non-hydrogen) atoms. The van der Waals surface area contributed by atoms with E-state index in [0.717, 1.165) is 22.5 Å². The van der Waals surface area contributed by atoms with Crippen molar-refractivity contribution in [3.05, 3.63) is 78.4 Å². The van der Waals surface area contributed by atoms with Gasteiger partial charge in [-0.2, -0.15) is 0 Å². The zero-order valence-corrected chi connectivity index (χ0v) is 12.3. The van der Waals surface area contributed by atoms with Crippen LogP contribution in [-0.4, -0.2) is 7.85 Å². The van der Waals surface area contributed by atoms with Crippen molar-refractivity contribution < 1.29 is 4.74 Å². The van der Waals surface area contributed by atoms with Crippen molar-refractivity contribution in [2.24, 2.45) is 0 Å². The molecule has 1 nitrogen and oxygen atoms in total. The Morgan fingerprint density at radius 1 is 0.667 bits per heavy atom. The predicted molar refractivity (Wildman–Crippen MR) is 91.3 cm³/mol. The SMILES string of the molecule is Bc1ccccc1Oc1ccccc1-c1ccccc1C. The summed E-state index contributed by atoms with van der Waals surface area (Å²) in [5.74, 6) is 1.79. The maximum absolute atomic E-state index is 6.15. The smallest absolute Gasteiger partial charge is 0.144 e. The van der Waals surface area contributed by atoms with Gasteiger partial charge in [0.25, 0.3) is 0 Å². The van der Waals surface area contributed by atoms with Crippen molar-refractivity contribution in [2.75, 3.05) is 0 Å². The van der Waals surface area contributed by atoms with Crippen LogP contribution in [0.4, 0.5) is 0 Å². The molecule has 2 heteroatoms. The third kappa shape index (κ3) is 2.85. The summed E-state index contributed by atoms with van der Waals surface area (Å²) in [6.07, 6.45) is 0. The second kappa shape index (κ2) is 5.88. The lowest BCUT2D eigenvalue weighted by Crippen LogP contribution is -2.05. The van der Waals surface area contributed by atoms with E-state index in [9.17, 15) is 0 Å². The van der Waals surface area contributed by atoms with Gasteiger partial charge in [0.2, 0.25) is 0 Å². The Morgan fingerprint density at radius 2 is 1.24 bits per heavy atom. The van der Waals surface area contributed by atoms with Crippen molar-refractivity contribution in [1.29, 1.82) is 0 Å². The molecule has 0 bridgehead atoms. The van der Waals surface area contributed by atoms with Gasteiger partial charge in [0.05, 0.1) is 0 Å². The lowest BCUT2D eigenvalue weighted by molar-refractivity contribution is 0.488. The summed E-state index contributed by atoms with van der Waals surface area (Å²) >= 11 is 0. The Kier molecular flexibility index (Phi) is 3.78. The summed E-state index contributed by atoms with van der Waals surface area (Å²) in [6.45, 7) is 2.12. The van der Waals surface area contributed by atoms with Crippen molar-refractivity contribution >= 4 is 13.3 Å². The minimum atomic E-state index is 0.890. The summed E-state index contributed by atoms with van der Waals surface area (Å²) < 4.78 is 6.15. The van der Waals surface area contributed by atoms with E-state index < -0.39 is 0 Å². The maximum Gasteiger partial charge on any atom is 0.144 e. The van der Waals surface area contributed by atoms with Gasteiger partial charge in [0, 0.05) is 5.56 Å². The Labute approximate surface area is 126 Å². The van der Waals surface area contributed by atoms with Gasteiger partial charge in [-0.3, -0.25) is 0 Å². The minimum absolute atomic E-state index is 0.890. The fraction of sp³-hybridized carbons (Fsp3) is 0.0526. The summed E-state index contributed by atoms with van der Waals surface area (Å²) in [4.78, 5) is 0. The molecule has 0 unspecified atom stereocenters. The summed E-state index contributed by atoms with van der Waals surface area (Å²) in [6, 6.07) is 24.7. The second-order valence-electron chi connectivity index (χ2n) is 5.18. The highest BCUT2D eigenvalue weighted by Crippen LogP contribution is 2.34. The van der Waals surface area contributed by atoms with Crippen LogP contribution < -0.4 is 10.2 Å². The summed E-state index contributed by atoms with van der Waals surface area (Å²) in [7, 11) is 2.06. The first-order chi connectivity index (χ1) is 10.3. The number of hydrogen-bond donors (Lipinski definition) is 0. The molecule has 0 amide bonds. The van der Waals surface area contributed by atoms with E-state index in [2.05, 4.69) is 51.2 Å². The minimum Gasteiger partial charge on any atom is -0.457 e. The van der Waals surface area contributed by atoms with Crippen molar-refractivity contribution in [1.82, 2.24) is 0 Å². The number of rotatable bonds is 3. The first-order valence-corrected chi connectivity index (χ1v) is 7.14. The second-order valence-corrected chi connectivity index (χ2v) is 5.18. The molecular weight excluding hydrogens is 255 g/mol. The molecule has 0 aliphatic heterocycles. The van der Waals surface area contributed by atoms with Crippen LogP contribution in [0.15, 0.2) is 72.8 Å². The highest BCUT2D eigenvalue weighted by molar-refractivity contribution is 6.34. The quantitative estimate of drug-likeness (QED) is 0.660. The van der Waals surface area contributed by atoms with Crippen LogP contribution in [0.1, 0.15) is 5.56 Å². The summed E-state index contributed by atoms with van der Waals surface area (Å²) in [5, 5.41) is 0. The molecule has 3 aromatic carbocycles. The lowest BCUT2D eigenvalue weighted by atomic mass is 9.95. The van der Waals surface area contributed by atoms with Gasteiger partial charge >= 0.3 is 0 Å². The van der Waals surface area contributed by atoms with Crippen molar-refractivity contribution in [3.63, 3.8) is 0 Å². The number of ether oxygens (including phenoxy) is 1. The van der Waals surface area contributed by atoms with Gasteiger partial charge in [0.1, 0.15) is 19.3 Å². The van der Waals surface area contributed by atoms with Gasteiger partial charge in [0.15, 0.2) is 0 Å². The Morgan fingerprint density at radius 3 is 1.95 bits per heavy atom. The van der Waals surface area contributed by atoms with Crippen molar-refractivity contribution in [3.8, 4) is 22.6 Å². The molecule has 0 saturated heterocycles. The molecule has 0 heterocycles. The zero-order chi connectivity index (χ0) is 14.7. The highest BCUT2D eigenvalue weighted by atomic mass is 16.5. The topological polar surface area (TPSA) is 9.23 Å². The van der Waals surface area contributed by atoms with Crippen LogP contribution in [0.3, 0.4) is 0 Å². The maximum atomic E-state index is 6.15. The molecule has 0 saturated carbocycles. The fourth-order valence-corrected chi connectivity index (χ4v) is 2.44. The molecule has 0 atom stereocenters. The number of para-hydroxylation sites is 2. The Hall–Kier alpha value is -2.48. The monoisotopic (exact) mass is 272 g/mol. The Balaban J connectivity index is 2.05. The highest BCUT2D eigenvalue weighted by Gasteiger charge is 2.09. The van der Waals surface area contributed by atoms with E-state index in [-0.39, 0.29) is 0 Å². The van der Waals surface area contributed by atoms with Gasteiger partial charge in [-0.25, -0.2) is 0 Å².